The number of nitrogens with zero attached hydrogens (tertiary/aromatic N) is 4. The molecule has 0 N–H and O–H groups in total. The highest BCUT2D eigenvalue weighted by Crippen LogP contribution is 2.39. The Labute approximate surface area is 158 Å². The van der Waals surface area contributed by atoms with Crippen molar-refractivity contribution in [2.75, 3.05) is 0 Å². The Morgan fingerprint density at radius 2 is 1.96 bits per heavy atom. The highest BCUT2D eigenvalue weighted by atomic mass is 32.2. The van der Waals surface area contributed by atoms with E-state index in [0.29, 0.717) is 17.5 Å². The molecule has 7 heteroatoms. The van der Waals surface area contributed by atoms with Gasteiger partial charge in [0.2, 0.25) is 11.7 Å². The molecule has 0 saturated heterocycles. The summed E-state index contributed by atoms with van der Waals surface area (Å²) in [6, 6.07) is 9.87. The lowest BCUT2D eigenvalue weighted by atomic mass is 9.97. The monoisotopic (exact) mass is 380 g/mol. The molecule has 0 spiro atoms. The number of hydrogen-bond donors (Lipinski definition) is 0. The van der Waals surface area contributed by atoms with Gasteiger partial charge in [-0.1, -0.05) is 47.3 Å². The highest BCUT2D eigenvalue weighted by molar-refractivity contribution is 7.98. The van der Waals surface area contributed by atoms with Crippen molar-refractivity contribution in [2.24, 2.45) is 0 Å². The van der Waals surface area contributed by atoms with E-state index in [2.05, 4.69) is 20.1 Å². The van der Waals surface area contributed by atoms with Crippen LogP contribution in [0.3, 0.4) is 0 Å². The first-order chi connectivity index (χ1) is 12.9. The smallest absolute Gasteiger partial charge is 0.237 e. The van der Waals surface area contributed by atoms with Gasteiger partial charge in [0.05, 0.1) is 5.75 Å². The van der Waals surface area contributed by atoms with Crippen molar-refractivity contribution in [2.45, 2.75) is 36.5 Å². The maximum atomic E-state index is 5.42. The molecule has 1 aromatic carbocycles. The van der Waals surface area contributed by atoms with Gasteiger partial charge in [-0.25, -0.2) is 9.97 Å². The first-order valence-corrected chi connectivity index (χ1v) is 10.4. The predicted molar refractivity (Wildman–Crippen MR) is 103 cm³/mol. The van der Waals surface area contributed by atoms with Crippen molar-refractivity contribution in [1.29, 1.82) is 0 Å². The second-order valence-corrected chi connectivity index (χ2v) is 8.28. The zero-order valence-electron chi connectivity index (χ0n) is 14.0. The lowest BCUT2D eigenvalue weighted by Crippen LogP contribution is -1.99. The SMILES string of the molecule is c1ccc(-c2noc(CSc3ncnc4sc5c(c34)CCCC5)n2)cc1. The third-order valence-corrected chi connectivity index (χ3v) is 6.72. The van der Waals surface area contributed by atoms with Gasteiger partial charge < -0.3 is 4.52 Å². The second-order valence-electron chi connectivity index (χ2n) is 6.24. The molecule has 0 unspecified atom stereocenters. The van der Waals surface area contributed by atoms with Crippen LogP contribution in [0, 0.1) is 0 Å². The molecule has 1 aliphatic rings. The van der Waals surface area contributed by atoms with Crippen LogP contribution in [0.15, 0.2) is 46.2 Å². The summed E-state index contributed by atoms with van der Waals surface area (Å²) in [5.74, 6) is 1.85. The number of aryl methyl sites for hydroxylation is 2. The van der Waals surface area contributed by atoms with Crippen molar-refractivity contribution < 1.29 is 4.52 Å². The summed E-state index contributed by atoms with van der Waals surface area (Å²) in [6.07, 6.45) is 6.50. The Morgan fingerprint density at radius 1 is 1.08 bits per heavy atom. The molecule has 0 bridgehead atoms. The predicted octanol–water partition coefficient (Wildman–Crippen LogP) is 4.91. The molecule has 0 amide bonds. The van der Waals surface area contributed by atoms with E-state index >= 15 is 0 Å². The number of benzene rings is 1. The van der Waals surface area contributed by atoms with E-state index in [0.717, 1.165) is 21.8 Å². The van der Waals surface area contributed by atoms with Crippen LogP contribution < -0.4 is 0 Å². The summed E-state index contributed by atoms with van der Waals surface area (Å²) >= 11 is 3.47. The molecule has 0 saturated carbocycles. The fraction of sp³-hybridized carbons (Fsp3) is 0.263. The average Bonchev–Trinajstić information content (AvgIpc) is 3.32. The number of aromatic nitrogens is 4. The van der Waals surface area contributed by atoms with Gasteiger partial charge in [0.15, 0.2) is 0 Å². The van der Waals surface area contributed by atoms with Gasteiger partial charge in [-0.3, -0.25) is 0 Å². The van der Waals surface area contributed by atoms with E-state index in [9.17, 15) is 0 Å². The van der Waals surface area contributed by atoms with E-state index in [1.54, 1.807) is 18.1 Å². The van der Waals surface area contributed by atoms with Gasteiger partial charge in [0.1, 0.15) is 16.2 Å². The molecule has 5 nitrogen and oxygen atoms in total. The van der Waals surface area contributed by atoms with Crippen molar-refractivity contribution >= 4 is 33.3 Å². The van der Waals surface area contributed by atoms with Crippen LogP contribution in [-0.4, -0.2) is 20.1 Å². The molecule has 0 atom stereocenters. The average molecular weight is 380 g/mol. The van der Waals surface area contributed by atoms with Crippen LogP contribution in [0.5, 0.6) is 0 Å². The van der Waals surface area contributed by atoms with Crippen LogP contribution in [0.1, 0.15) is 29.2 Å². The molecule has 0 radical (unpaired) electrons. The number of fused-ring (bicyclic) bond motifs is 3. The van der Waals surface area contributed by atoms with Crippen LogP contribution in [-0.2, 0) is 18.6 Å². The highest BCUT2D eigenvalue weighted by Gasteiger charge is 2.20. The van der Waals surface area contributed by atoms with E-state index in [1.807, 2.05) is 41.7 Å². The molecule has 0 fully saturated rings. The minimum absolute atomic E-state index is 0.608. The van der Waals surface area contributed by atoms with Crippen molar-refractivity contribution in [3.8, 4) is 11.4 Å². The largest absolute Gasteiger partial charge is 0.338 e. The molecule has 3 aromatic heterocycles. The van der Waals surface area contributed by atoms with E-state index in [1.165, 1.54) is 35.1 Å². The van der Waals surface area contributed by atoms with Gasteiger partial charge in [0, 0.05) is 15.8 Å². The Kier molecular flexibility index (Phi) is 4.18. The summed E-state index contributed by atoms with van der Waals surface area (Å²) in [7, 11) is 0. The lowest BCUT2D eigenvalue weighted by Gasteiger charge is -2.11. The number of hydrogen-bond acceptors (Lipinski definition) is 7. The zero-order valence-corrected chi connectivity index (χ0v) is 15.6. The summed E-state index contributed by atoms with van der Waals surface area (Å²) in [5, 5.41) is 6.35. The molecule has 0 aliphatic heterocycles. The number of thiophene rings is 1. The van der Waals surface area contributed by atoms with Gasteiger partial charge >= 0.3 is 0 Å². The molecule has 5 rings (SSSR count). The third kappa shape index (κ3) is 2.91. The summed E-state index contributed by atoms with van der Waals surface area (Å²) in [5.41, 5.74) is 2.42. The Bertz CT molecular complexity index is 1060. The fourth-order valence-corrected chi connectivity index (χ4v) is 5.48. The summed E-state index contributed by atoms with van der Waals surface area (Å²) in [6.45, 7) is 0. The van der Waals surface area contributed by atoms with Crippen LogP contribution in [0.4, 0.5) is 0 Å². The van der Waals surface area contributed by atoms with Crippen molar-refractivity contribution in [3.05, 3.63) is 53.0 Å². The third-order valence-electron chi connectivity index (χ3n) is 4.55. The van der Waals surface area contributed by atoms with Crippen LogP contribution in [0.2, 0.25) is 0 Å². The number of rotatable bonds is 4. The molecule has 130 valence electrons. The quantitative estimate of drug-likeness (QED) is 0.370. The van der Waals surface area contributed by atoms with Crippen molar-refractivity contribution in [1.82, 2.24) is 20.1 Å². The van der Waals surface area contributed by atoms with Crippen molar-refractivity contribution in [3.63, 3.8) is 0 Å². The summed E-state index contributed by atoms with van der Waals surface area (Å²) < 4.78 is 5.42. The van der Waals surface area contributed by atoms with Gasteiger partial charge in [0.25, 0.3) is 0 Å². The van der Waals surface area contributed by atoms with Crippen LogP contribution >= 0.6 is 23.1 Å². The maximum absolute atomic E-state index is 5.42. The Balaban J connectivity index is 1.41. The molecule has 4 aromatic rings. The standard InChI is InChI=1S/C19H16N4OS2/c1-2-6-12(7-3-1)17-22-15(24-23-17)10-25-18-16-13-8-4-5-9-14(13)26-19(16)21-11-20-18/h1-3,6-7,11H,4-5,8-10H2. The molecular formula is C19H16N4OS2. The molecule has 1 aliphatic carbocycles. The normalized spacial score (nSPS) is 13.8. The van der Waals surface area contributed by atoms with Gasteiger partial charge in [-0.05, 0) is 31.2 Å². The first-order valence-electron chi connectivity index (χ1n) is 8.64. The first kappa shape index (κ1) is 16.0. The van der Waals surface area contributed by atoms with Gasteiger partial charge in [-0.15, -0.1) is 11.3 Å². The molecule has 26 heavy (non-hydrogen) atoms. The van der Waals surface area contributed by atoms with E-state index in [4.69, 9.17) is 4.52 Å². The zero-order chi connectivity index (χ0) is 17.3. The maximum Gasteiger partial charge on any atom is 0.237 e. The van der Waals surface area contributed by atoms with Gasteiger partial charge in [-0.2, -0.15) is 4.98 Å². The molecule has 3 heterocycles. The Morgan fingerprint density at radius 3 is 2.88 bits per heavy atom. The second kappa shape index (κ2) is 6.81. The molecular weight excluding hydrogens is 364 g/mol. The minimum atomic E-state index is 0.608. The lowest BCUT2D eigenvalue weighted by molar-refractivity contribution is 0.391. The van der Waals surface area contributed by atoms with E-state index < -0.39 is 0 Å². The van der Waals surface area contributed by atoms with Crippen LogP contribution in [0.25, 0.3) is 21.6 Å². The fourth-order valence-electron chi connectivity index (χ4n) is 3.32. The minimum Gasteiger partial charge on any atom is -0.338 e. The number of thioether (sulfide) groups is 1. The summed E-state index contributed by atoms with van der Waals surface area (Å²) in [4.78, 5) is 16.1. The Hall–Kier alpha value is -2.25. The topological polar surface area (TPSA) is 64.7 Å². The van der Waals surface area contributed by atoms with E-state index in [-0.39, 0.29) is 0 Å².